The molecule has 0 bridgehead atoms. The molecule has 0 atom stereocenters. The molecule has 0 saturated carbocycles. The lowest BCUT2D eigenvalue weighted by molar-refractivity contribution is -0.196. The molecule has 0 rings (SSSR count). The Hall–Kier alpha value is 1.37. The third-order valence-electron chi connectivity index (χ3n) is 3.78. The zero-order valence-corrected chi connectivity index (χ0v) is 34.0. The molecule has 0 unspecified atom stereocenters. The highest BCUT2D eigenvalue weighted by atomic mass is 32.2. The van der Waals surface area contributed by atoms with Crippen LogP contribution in [0.5, 0.6) is 0 Å². The molecule has 13 nitrogen and oxygen atoms in total. The van der Waals surface area contributed by atoms with Crippen LogP contribution in [-0.4, -0.2) is 137 Å². The summed E-state index contributed by atoms with van der Waals surface area (Å²) in [4.78, 5) is 51.2. The Morgan fingerprint density at radius 1 is 0.587 bits per heavy atom. The van der Waals surface area contributed by atoms with Gasteiger partial charge >= 0.3 is 6.09 Å². The molecule has 0 fully saturated rings. The van der Waals surface area contributed by atoms with Gasteiger partial charge in [-0.1, -0.05) is 11.8 Å². The number of hydrogen-bond acceptors (Lipinski definition) is 22. The molecule has 0 aromatic rings. The number of nitrogens with one attached hydrogen (secondary N) is 2. The summed E-state index contributed by atoms with van der Waals surface area (Å²) in [6.45, 7) is 0. The number of aliphatic hydroxyl groups excluding tert-OH is 2. The zero-order valence-electron chi connectivity index (χ0n) is 25.0. The topological polar surface area (TPSA) is 170 Å². The number of ether oxygens (including phenoxy) is 1. The van der Waals surface area contributed by atoms with Crippen LogP contribution in [0.15, 0.2) is 9.98 Å². The minimum atomic E-state index is -0.438. The van der Waals surface area contributed by atoms with Crippen LogP contribution in [0.3, 0.4) is 0 Å². The van der Waals surface area contributed by atoms with E-state index in [1.165, 1.54) is 71.6 Å². The Morgan fingerprint density at radius 2 is 1.11 bits per heavy atom. The number of aliphatic imine (C=N–C) groups is 2. The van der Waals surface area contributed by atoms with Gasteiger partial charge in [0.25, 0.3) is 5.24 Å². The first-order chi connectivity index (χ1) is 22.7. The summed E-state index contributed by atoms with van der Waals surface area (Å²) in [7, 11) is 0. The Balaban J connectivity index is 3.27. The van der Waals surface area contributed by atoms with Crippen molar-refractivity contribution in [2.75, 3.05) is 103 Å². The molecule has 0 aliphatic heterocycles. The minimum Gasteiger partial charge on any atom is -0.438 e. The lowest BCUT2D eigenvalue weighted by Crippen LogP contribution is -2.23. The third kappa shape index (κ3) is 41.5. The Bertz CT molecular complexity index is 745. The molecule has 0 aromatic heterocycles. The number of carbonyl (C=O) groups is 2. The average molecular weight is 859 g/mol. The third-order valence-corrected chi connectivity index (χ3v) is 14.3. The lowest BCUT2D eigenvalue weighted by atomic mass is 11.0. The van der Waals surface area contributed by atoms with Crippen molar-refractivity contribution < 1.29 is 44.1 Å². The van der Waals surface area contributed by atoms with E-state index < -0.39 is 6.09 Å². The largest absolute Gasteiger partial charge is 0.438 e. The van der Waals surface area contributed by atoms with Crippen molar-refractivity contribution in [1.82, 2.24) is 10.6 Å². The average Bonchev–Trinajstić information content (AvgIpc) is 3.05. The van der Waals surface area contributed by atoms with Gasteiger partial charge in [0.1, 0.15) is 17.8 Å². The summed E-state index contributed by atoms with van der Waals surface area (Å²) in [6, 6.07) is 0. The molecule has 0 aliphatic carbocycles. The second kappa shape index (κ2) is 42.5. The summed E-state index contributed by atoms with van der Waals surface area (Å²) in [5, 5.41) is 25.0. The summed E-state index contributed by atoms with van der Waals surface area (Å²) in [5.41, 5.74) is 0. The number of aliphatic hydroxyl groups is 2. The van der Waals surface area contributed by atoms with Gasteiger partial charge in [0.05, 0.1) is 35.4 Å². The molecule has 0 heterocycles. The highest BCUT2D eigenvalue weighted by Crippen LogP contribution is 2.16. The minimum absolute atomic E-state index is 0.0154. The van der Waals surface area contributed by atoms with E-state index in [-0.39, 0.29) is 23.1 Å². The van der Waals surface area contributed by atoms with E-state index in [9.17, 15) is 9.59 Å². The van der Waals surface area contributed by atoms with Crippen molar-refractivity contribution >= 4 is 154 Å². The predicted molar refractivity (Wildman–Crippen MR) is 215 cm³/mol. The number of thioether (sulfide) groups is 11. The van der Waals surface area contributed by atoms with Gasteiger partial charge in [-0.2, -0.15) is 9.78 Å². The van der Waals surface area contributed by atoms with Gasteiger partial charge in [-0.3, -0.25) is 4.79 Å². The quantitative estimate of drug-likeness (QED) is 0.0148. The van der Waals surface area contributed by atoms with Gasteiger partial charge in [-0.05, 0) is 0 Å². The van der Waals surface area contributed by atoms with Crippen LogP contribution in [0.2, 0.25) is 0 Å². The van der Waals surface area contributed by atoms with Crippen molar-refractivity contribution in [3.8, 4) is 0 Å². The Kier molecular flexibility index (Phi) is 43.8. The van der Waals surface area contributed by atoms with Crippen LogP contribution < -0.4 is 10.6 Å². The molecule has 0 aromatic carbocycles. The van der Waals surface area contributed by atoms with Crippen LogP contribution in [0.4, 0.5) is 9.59 Å². The normalized spacial score (nSPS) is 11.3. The van der Waals surface area contributed by atoms with E-state index >= 15 is 0 Å². The molecule has 0 saturated heterocycles. The summed E-state index contributed by atoms with van der Waals surface area (Å²) < 4.78 is 4.99. The van der Waals surface area contributed by atoms with Crippen LogP contribution in [0, 0.1) is 0 Å². The second-order valence-corrected chi connectivity index (χ2v) is 19.3. The standard InChI is InChI=1S/C22H42N4O9S11/c27-13-42-18-44-15-31-21(29)25-11-38-3-1-36-9-23-7-32-34-16-40-5-6-41-20-46-22(30)26-12-39-4-2-37-10-24-8-33-35-17-45-19-43-14-28/h7-8,27-28H,1-6,9-20H2,(H,25,29)(H,26,30)/b23-7-,24-8+. The van der Waals surface area contributed by atoms with Crippen molar-refractivity contribution in [2.24, 2.45) is 9.98 Å². The van der Waals surface area contributed by atoms with Gasteiger partial charge in [0, 0.05) is 49.8 Å². The molecule has 0 radical (unpaired) electrons. The van der Waals surface area contributed by atoms with Gasteiger partial charge in [-0.25, -0.2) is 14.8 Å². The fraction of sp³-hybridized carbons (Fsp3) is 0.818. The SMILES string of the molecule is O=C(NCSCCSC/N=C\OOCSCCSCSC(=O)NCSCCSC/N=C/OOCSCSCO)OCSCSCO. The van der Waals surface area contributed by atoms with Crippen LogP contribution in [-0.2, 0) is 24.3 Å². The molecular formula is C22H42N4O9S11. The zero-order chi connectivity index (χ0) is 33.4. The maximum absolute atomic E-state index is 11.9. The molecular weight excluding hydrogens is 817 g/mol. The monoisotopic (exact) mass is 858 g/mol. The summed E-state index contributed by atoms with van der Waals surface area (Å²) >= 11 is 16.9. The van der Waals surface area contributed by atoms with Crippen LogP contribution in [0.25, 0.3) is 0 Å². The van der Waals surface area contributed by atoms with Gasteiger partial charge in [0.15, 0.2) is 0 Å². The molecule has 270 valence electrons. The van der Waals surface area contributed by atoms with E-state index in [2.05, 4.69) is 20.6 Å². The van der Waals surface area contributed by atoms with Gasteiger partial charge in [-0.15, -0.1) is 118 Å². The van der Waals surface area contributed by atoms with E-state index in [0.717, 1.165) is 39.6 Å². The maximum atomic E-state index is 11.9. The molecule has 46 heavy (non-hydrogen) atoms. The van der Waals surface area contributed by atoms with Crippen molar-refractivity contribution in [3.05, 3.63) is 0 Å². The molecule has 24 heteroatoms. The maximum Gasteiger partial charge on any atom is 0.408 e. The van der Waals surface area contributed by atoms with E-state index in [4.69, 9.17) is 34.5 Å². The second-order valence-electron chi connectivity index (χ2n) is 7.00. The number of nitrogens with zero attached hydrogens (tertiary/aromatic N) is 2. The number of rotatable bonds is 35. The van der Waals surface area contributed by atoms with Gasteiger partial charge in [0.2, 0.25) is 12.8 Å². The first-order valence-corrected chi connectivity index (χ1v) is 25.6. The van der Waals surface area contributed by atoms with Gasteiger partial charge < -0.3 is 35.4 Å². The predicted octanol–water partition coefficient (Wildman–Crippen LogP) is 5.92. The molecule has 4 N–H and O–H groups in total. The first kappa shape index (κ1) is 47.4. The number of alkyl carbamates (subject to hydrolysis) is 1. The van der Waals surface area contributed by atoms with E-state index in [1.54, 1.807) is 70.6 Å². The fourth-order valence-corrected chi connectivity index (χ4v) is 10.2. The highest BCUT2D eigenvalue weighted by molar-refractivity contribution is 8.24. The van der Waals surface area contributed by atoms with Crippen molar-refractivity contribution in [2.45, 2.75) is 0 Å². The van der Waals surface area contributed by atoms with E-state index in [0.29, 0.717) is 45.6 Å². The highest BCUT2D eigenvalue weighted by Gasteiger charge is 2.02. The number of hydrogen-bond donors (Lipinski definition) is 4. The molecule has 0 aliphatic rings. The lowest BCUT2D eigenvalue weighted by Gasteiger charge is -2.06. The summed E-state index contributed by atoms with van der Waals surface area (Å²) in [6.07, 6.45) is 2.14. The summed E-state index contributed by atoms with van der Waals surface area (Å²) in [5.74, 6) is 8.82. The number of carbonyl (C=O) groups excluding carboxylic acids is 2. The van der Waals surface area contributed by atoms with Crippen LogP contribution >= 0.6 is 129 Å². The Morgan fingerprint density at radius 3 is 1.74 bits per heavy atom. The Labute approximate surface area is 318 Å². The van der Waals surface area contributed by atoms with Crippen molar-refractivity contribution in [1.29, 1.82) is 0 Å². The van der Waals surface area contributed by atoms with Crippen LogP contribution in [0.1, 0.15) is 0 Å². The molecule has 0 spiro atoms. The molecule has 2 amide bonds. The number of amides is 2. The van der Waals surface area contributed by atoms with E-state index in [1.807, 2.05) is 0 Å². The first-order valence-electron chi connectivity index (χ1n) is 13.0. The fourth-order valence-electron chi connectivity index (χ4n) is 1.93. The van der Waals surface area contributed by atoms with Crippen molar-refractivity contribution in [3.63, 3.8) is 0 Å². The smallest absolute Gasteiger partial charge is 0.408 e.